The second-order valence-corrected chi connectivity index (χ2v) is 11.2. The van der Waals surface area contributed by atoms with Crippen molar-refractivity contribution in [2.45, 2.75) is 76.4 Å². The highest BCUT2D eigenvalue weighted by atomic mass is 32.2. The summed E-state index contributed by atoms with van der Waals surface area (Å²) in [6.45, 7) is 7.75. The summed E-state index contributed by atoms with van der Waals surface area (Å²) in [4.78, 5) is 14.1. The van der Waals surface area contributed by atoms with Crippen molar-refractivity contribution in [1.82, 2.24) is 4.90 Å². The van der Waals surface area contributed by atoms with E-state index >= 15 is 0 Å². The number of carbonyl (C=O) groups excluding carboxylic acids is 1. The van der Waals surface area contributed by atoms with E-state index in [4.69, 9.17) is 4.74 Å². The van der Waals surface area contributed by atoms with Gasteiger partial charge in [0, 0.05) is 30.6 Å². The highest BCUT2D eigenvalue weighted by molar-refractivity contribution is 7.91. The third-order valence-electron chi connectivity index (χ3n) is 5.16. The average molecular weight is 427 g/mol. The summed E-state index contributed by atoms with van der Waals surface area (Å²) in [7, 11) is -3.17. The standard InChI is InChI=1S/C21H34N2O5S/c1-15(14-24)23(18-10-7-11-19(18)29(5,26)27)13-16-8-6-9-17(12-16)22-20(25)28-21(2,3)4/h6,8-9,12,15,18-19,24H,7,10-11,13-14H2,1-5H3,(H,22,25). The third-order valence-corrected chi connectivity index (χ3v) is 6.81. The number of nitrogens with zero attached hydrogens (tertiary/aromatic N) is 1. The van der Waals surface area contributed by atoms with Gasteiger partial charge < -0.3 is 9.84 Å². The molecule has 0 saturated heterocycles. The largest absolute Gasteiger partial charge is 0.444 e. The summed E-state index contributed by atoms with van der Waals surface area (Å²) in [5.41, 5.74) is 0.954. The first-order chi connectivity index (χ1) is 13.4. The predicted molar refractivity (Wildman–Crippen MR) is 115 cm³/mol. The van der Waals surface area contributed by atoms with E-state index in [2.05, 4.69) is 10.2 Å². The van der Waals surface area contributed by atoms with Crippen LogP contribution in [0, 0.1) is 0 Å². The zero-order chi connectivity index (χ0) is 21.8. The van der Waals surface area contributed by atoms with Gasteiger partial charge in [0.25, 0.3) is 0 Å². The number of rotatable bonds is 7. The van der Waals surface area contributed by atoms with Gasteiger partial charge in [-0.1, -0.05) is 18.6 Å². The number of anilines is 1. The molecular weight excluding hydrogens is 392 g/mol. The molecule has 8 heteroatoms. The molecule has 1 aliphatic rings. The number of amides is 1. The zero-order valence-corrected chi connectivity index (χ0v) is 18.8. The summed E-state index contributed by atoms with van der Waals surface area (Å²) in [5, 5.41) is 12.1. The average Bonchev–Trinajstić information content (AvgIpc) is 3.07. The van der Waals surface area contributed by atoms with Crippen LogP contribution in [0.4, 0.5) is 10.5 Å². The lowest BCUT2D eigenvalue weighted by Crippen LogP contribution is -2.48. The van der Waals surface area contributed by atoms with Gasteiger partial charge in [-0.05, 0) is 58.2 Å². The molecule has 29 heavy (non-hydrogen) atoms. The Labute approximate surface area is 174 Å². The molecular formula is C21H34N2O5S. The van der Waals surface area contributed by atoms with Crippen LogP contribution in [0.25, 0.3) is 0 Å². The van der Waals surface area contributed by atoms with E-state index in [1.54, 1.807) is 26.8 Å². The highest BCUT2D eigenvalue weighted by Gasteiger charge is 2.39. The zero-order valence-electron chi connectivity index (χ0n) is 18.0. The lowest BCUT2D eigenvalue weighted by molar-refractivity contribution is 0.0636. The highest BCUT2D eigenvalue weighted by Crippen LogP contribution is 2.32. The van der Waals surface area contributed by atoms with Crippen molar-refractivity contribution in [1.29, 1.82) is 0 Å². The topological polar surface area (TPSA) is 95.9 Å². The number of aliphatic hydroxyl groups is 1. The lowest BCUT2D eigenvalue weighted by Gasteiger charge is -2.36. The van der Waals surface area contributed by atoms with Gasteiger partial charge in [0.15, 0.2) is 9.84 Å². The van der Waals surface area contributed by atoms with E-state index in [1.165, 1.54) is 6.26 Å². The number of carbonyl (C=O) groups is 1. The van der Waals surface area contributed by atoms with Gasteiger partial charge in [-0.15, -0.1) is 0 Å². The van der Waals surface area contributed by atoms with Crippen LogP contribution in [-0.2, 0) is 21.1 Å². The summed E-state index contributed by atoms with van der Waals surface area (Å²) < 4.78 is 29.8. The Kier molecular flexibility index (Phi) is 7.70. The van der Waals surface area contributed by atoms with Crippen LogP contribution in [0.2, 0.25) is 0 Å². The van der Waals surface area contributed by atoms with Gasteiger partial charge in [0.2, 0.25) is 0 Å². The molecule has 0 spiro atoms. The summed E-state index contributed by atoms with van der Waals surface area (Å²) in [6.07, 6.45) is 3.07. The van der Waals surface area contributed by atoms with Gasteiger partial charge in [-0.25, -0.2) is 13.2 Å². The molecule has 3 atom stereocenters. The van der Waals surface area contributed by atoms with Gasteiger partial charge in [0.1, 0.15) is 5.60 Å². The minimum absolute atomic E-state index is 0.0527. The van der Waals surface area contributed by atoms with Crippen molar-refractivity contribution < 1.29 is 23.1 Å². The monoisotopic (exact) mass is 426 g/mol. The number of sulfone groups is 1. The Morgan fingerprint density at radius 2 is 2.03 bits per heavy atom. The van der Waals surface area contributed by atoms with Crippen LogP contribution >= 0.6 is 0 Å². The third kappa shape index (κ3) is 6.97. The molecule has 0 heterocycles. The maximum atomic E-state index is 12.3. The Morgan fingerprint density at radius 1 is 1.34 bits per heavy atom. The summed E-state index contributed by atoms with van der Waals surface area (Å²) >= 11 is 0. The second-order valence-electron chi connectivity index (χ2n) is 8.90. The van der Waals surface area contributed by atoms with Crippen molar-refractivity contribution in [3.8, 4) is 0 Å². The Balaban J connectivity index is 2.19. The van der Waals surface area contributed by atoms with Crippen LogP contribution in [0.5, 0.6) is 0 Å². The van der Waals surface area contributed by atoms with Gasteiger partial charge in [-0.3, -0.25) is 10.2 Å². The smallest absolute Gasteiger partial charge is 0.412 e. The molecule has 164 valence electrons. The second kappa shape index (κ2) is 9.45. The molecule has 7 nitrogen and oxygen atoms in total. The SMILES string of the molecule is CC(CO)N(Cc1cccc(NC(=O)OC(C)(C)C)c1)C1CCCC1S(C)(=O)=O. The molecule has 2 N–H and O–H groups in total. The van der Waals surface area contributed by atoms with Crippen LogP contribution < -0.4 is 5.32 Å². The molecule has 0 bridgehead atoms. The Morgan fingerprint density at radius 3 is 2.62 bits per heavy atom. The molecule has 0 aliphatic heterocycles. The summed E-state index contributed by atoms with van der Waals surface area (Å²) in [6, 6.07) is 7.10. The number of hydrogen-bond donors (Lipinski definition) is 2. The maximum Gasteiger partial charge on any atom is 0.412 e. The number of benzene rings is 1. The van der Waals surface area contributed by atoms with Crippen LogP contribution in [-0.4, -0.2) is 60.3 Å². The van der Waals surface area contributed by atoms with Crippen molar-refractivity contribution in [3.05, 3.63) is 29.8 Å². The molecule has 0 aromatic heterocycles. The molecule has 0 radical (unpaired) electrons. The van der Waals surface area contributed by atoms with Gasteiger partial charge in [-0.2, -0.15) is 0 Å². The van der Waals surface area contributed by atoms with E-state index in [0.717, 1.165) is 18.4 Å². The van der Waals surface area contributed by atoms with Crippen molar-refractivity contribution in [2.75, 3.05) is 18.2 Å². The fourth-order valence-electron chi connectivity index (χ4n) is 3.87. The minimum atomic E-state index is -3.17. The van der Waals surface area contributed by atoms with Crippen LogP contribution in [0.3, 0.4) is 0 Å². The summed E-state index contributed by atoms with van der Waals surface area (Å²) in [5.74, 6) is 0. The van der Waals surface area contributed by atoms with Gasteiger partial charge >= 0.3 is 6.09 Å². The lowest BCUT2D eigenvalue weighted by atomic mass is 10.1. The molecule has 1 fully saturated rings. The number of aliphatic hydroxyl groups excluding tert-OH is 1. The van der Waals surface area contributed by atoms with E-state index in [0.29, 0.717) is 18.7 Å². The van der Waals surface area contributed by atoms with Crippen LogP contribution in [0.15, 0.2) is 24.3 Å². The van der Waals surface area contributed by atoms with Gasteiger partial charge in [0.05, 0.1) is 11.9 Å². The van der Waals surface area contributed by atoms with Crippen LogP contribution in [0.1, 0.15) is 52.5 Å². The number of ether oxygens (including phenoxy) is 1. The molecule has 1 amide bonds. The van der Waals surface area contributed by atoms with E-state index in [1.807, 2.05) is 25.1 Å². The van der Waals surface area contributed by atoms with Crippen molar-refractivity contribution in [2.24, 2.45) is 0 Å². The maximum absolute atomic E-state index is 12.3. The molecule has 3 unspecified atom stereocenters. The van der Waals surface area contributed by atoms with E-state index in [-0.39, 0.29) is 18.7 Å². The van der Waals surface area contributed by atoms with E-state index < -0.39 is 26.8 Å². The first-order valence-corrected chi connectivity index (χ1v) is 12.0. The van der Waals surface area contributed by atoms with Crippen molar-refractivity contribution in [3.63, 3.8) is 0 Å². The first kappa shape index (κ1) is 23.6. The fraction of sp³-hybridized carbons (Fsp3) is 0.667. The fourth-order valence-corrected chi connectivity index (χ4v) is 5.33. The molecule has 1 aromatic rings. The molecule has 1 aliphatic carbocycles. The quantitative estimate of drug-likeness (QED) is 0.695. The van der Waals surface area contributed by atoms with E-state index in [9.17, 15) is 18.3 Å². The molecule has 1 aromatic carbocycles. The Hall–Kier alpha value is -1.64. The molecule has 2 rings (SSSR count). The first-order valence-electron chi connectivity index (χ1n) is 10.0. The minimum Gasteiger partial charge on any atom is -0.444 e. The van der Waals surface area contributed by atoms with Crippen molar-refractivity contribution >= 4 is 21.6 Å². The normalized spacial score (nSPS) is 21.2. The molecule has 1 saturated carbocycles. The Bertz CT molecular complexity index is 804. The predicted octanol–water partition coefficient (Wildman–Crippen LogP) is 3.18. The number of hydrogen-bond acceptors (Lipinski definition) is 6. The number of nitrogens with one attached hydrogen (secondary N) is 1.